The number of carboxylic acid groups (broad SMARTS) is 1. The first-order valence-corrected chi connectivity index (χ1v) is 10.0. The van der Waals surface area contributed by atoms with Gasteiger partial charge in [-0.3, -0.25) is 4.79 Å². The Labute approximate surface area is 173 Å². The van der Waals surface area contributed by atoms with E-state index in [1.54, 1.807) is 5.57 Å². The van der Waals surface area contributed by atoms with Crippen molar-refractivity contribution in [2.75, 3.05) is 19.6 Å². The minimum Gasteiger partial charge on any atom is -0.481 e. The smallest absolute Gasteiger partial charge is 0.303 e. The summed E-state index contributed by atoms with van der Waals surface area (Å²) in [6.07, 6.45) is 5.37. The van der Waals surface area contributed by atoms with Crippen molar-refractivity contribution in [2.45, 2.75) is 38.5 Å². The monoisotopic (exact) mass is 397 g/mol. The molecule has 0 atom stereocenters. The summed E-state index contributed by atoms with van der Waals surface area (Å²) >= 11 is 0. The van der Waals surface area contributed by atoms with E-state index in [4.69, 9.17) is 5.11 Å². The van der Waals surface area contributed by atoms with Crippen LogP contribution in [0.3, 0.4) is 0 Å². The quantitative estimate of drug-likeness (QED) is 0.791. The van der Waals surface area contributed by atoms with E-state index < -0.39 is 5.97 Å². The Morgan fingerprint density at radius 2 is 1.39 bits per heavy atom. The van der Waals surface area contributed by atoms with Crippen LogP contribution in [0.1, 0.15) is 47.9 Å². The van der Waals surface area contributed by atoms with Crippen molar-refractivity contribution < 1.29 is 9.90 Å². The number of hydrogen-bond donors (Lipinski definition) is 1. The second-order valence-electron chi connectivity index (χ2n) is 7.63. The molecule has 2 aromatic carbocycles. The maximum atomic E-state index is 10.7. The van der Waals surface area contributed by atoms with E-state index in [1.165, 1.54) is 27.8 Å². The molecule has 0 amide bonds. The van der Waals surface area contributed by atoms with Crippen molar-refractivity contribution in [1.82, 2.24) is 4.90 Å². The molecule has 4 heteroatoms. The van der Waals surface area contributed by atoms with Gasteiger partial charge in [0.05, 0.1) is 0 Å². The Kier molecular flexibility index (Phi) is 6.93. The number of hydrogen-bond acceptors (Lipinski definition) is 2. The van der Waals surface area contributed by atoms with E-state index in [1.807, 2.05) is 0 Å². The lowest BCUT2D eigenvalue weighted by Gasteiger charge is -2.30. The lowest BCUT2D eigenvalue weighted by Crippen LogP contribution is -2.32. The normalized spacial score (nSPS) is 16.6. The standard InChI is InChI=1S/C24H27NO2.ClH/c26-23(27)10-5-15-25-16-13-20(14-17-25)24-21-8-3-1-6-18(21)11-12-19-7-2-4-9-22(19)24;/h1-4,6-9H,5,10-17H2,(H,26,27);1H. The van der Waals surface area contributed by atoms with Gasteiger partial charge in [-0.2, -0.15) is 0 Å². The Bertz CT molecular complexity index is 815. The number of aryl methyl sites for hydroxylation is 2. The van der Waals surface area contributed by atoms with Crippen LogP contribution < -0.4 is 0 Å². The first-order valence-electron chi connectivity index (χ1n) is 10.0. The van der Waals surface area contributed by atoms with Gasteiger partial charge in [0.15, 0.2) is 0 Å². The first-order chi connectivity index (χ1) is 13.2. The van der Waals surface area contributed by atoms with Crippen LogP contribution >= 0.6 is 12.4 Å². The van der Waals surface area contributed by atoms with Gasteiger partial charge in [-0.05, 0) is 66.5 Å². The van der Waals surface area contributed by atoms with Crippen LogP contribution in [0.15, 0.2) is 54.1 Å². The van der Waals surface area contributed by atoms with Crippen LogP contribution in [0.5, 0.6) is 0 Å². The lowest BCUT2D eigenvalue weighted by molar-refractivity contribution is -0.137. The van der Waals surface area contributed by atoms with Gasteiger partial charge in [0, 0.05) is 19.5 Å². The van der Waals surface area contributed by atoms with Crippen molar-refractivity contribution in [1.29, 1.82) is 0 Å². The molecule has 3 nitrogen and oxygen atoms in total. The summed E-state index contributed by atoms with van der Waals surface area (Å²) in [6.45, 7) is 2.95. The molecule has 1 aliphatic heterocycles. The fraction of sp³-hybridized carbons (Fsp3) is 0.375. The molecular formula is C24H28ClNO2. The minimum atomic E-state index is -0.693. The van der Waals surface area contributed by atoms with Crippen molar-refractivity contribution in [3.8, 4) is 0 Å². The third-order valence-corrected chi connectivity index (χ3v) is 5.92. The molecule has 0 unspecified atom stereocenters. The number of nitrogens with zero attached hydrogens (tertiary/aromatic N) is 1. The average molecular weight is 398 g/mol. The summed E-state index contributed by atoms with van der Waals surface area (Å²) in [7, 11) is 0. The van der Waals surface area contributed by atoms with E-state index in [-0.39, 0.29) is 18.8 Å². The molecule has 28 heavy (non-hydrogen) atoms. The van der Waals surface area contributed by atoms with Crippen molar-refractivity contribution in [3.05, 3.63) is 76.4 Å². The summed E-state index contributed by atoms with van der Waals surface area (Å²) < 4.78 is 0. The van der Waals surface area contributed by atoms with Gasteiger partial charge >= 0.3 is 5.97 Å². The third kappa shape index (κ3) is 4.48. The molecule has 0 radical (unpaired) electrons. The van der Waals surface area contributed by atoms with E-state index in [2.05, 4.69) is 53.4 Å². The highest BCUT2D eigenvalue weighted by atomic mass is 35.5. The number of fused-ring (bicyclic) bond motifs is 2. The van der Waals surface area contributed by atoms with Crippen molar-refractivity contribution >= 4 is 23.9 Å². The molecule has 1 heterocycles. The molecule has 0 spiro atoms. The largest absolute Gasteiger partial charge is 0.481 e. The molecule has 2 aliphatic rings. The first kappa shape index (κ1) is 20.6. The van der Waals surface area contributed by atoms with Crippen LogP contribution in [0.25, 0.3) is 5.57 Å². The summed E-state index contributed by atoms with van der Waals surface area (Å²) in [5, 5.41) is 8.84. The van der Waals surface area contributed by atoms with Gasteiger partial charge in [-0.1, -0.05) is 54.1 Å². The highest BCUT2D eigenvalue weighted by molar-refractivity contribution is 5.86. The van der Waals surface area contributed by atoms with Crippen LogP contribution in [-0.4, -0.2) is 35.6 Å². The van der Waals surface area contributed by atoms with Gasteiger partial charge in [-0.15, -0.1) is 12.4 Å². The number of piperidine rings is 1. The van der Waals surface area contributed by atoms with Crippen LogP contribution in [0, 0.1) is 0 Å². The van der Waals surface area contributed by atoms with Gasteiger partial charge in [0.2, 0.25) is 0 Å². The van der Waals surface area contributed by atoms with E-state index in [0.717, 1.165) is 51.7 Å². The van der Waals surface area contributed by atoms with E-state index in [9.17, 15) is 4.79 Å². The maximum absolute atomic E-state index is 10.7. The van der Waals surface area contributed by atoms with Crippen LogP contribution in [-0.2, 0) is 17.6 Å². The topological polar surface area (TPSA) is 40.5 Å². The maximum Gasteiger partial charge on any atom is 0.303 e. The Morgan fingerprint density at radius 1 is 0.857 bits per heavy atom. The second kappa shape index (κ2) is 9.40. The highest BCUT2D eigenvalue weighted by Gasteiger charge is 2.23. The fourth-order valence-corrected chi connectivity index (χ4v) is 4.51. The number of carbonyl (C=O) groups is 1. The molecule has 148 valence electrons. The van der Waals surface area contributed by atoms with E-state index >= 15 is 0 Å². The molecule has 1 saturated heterocycles. The zero-order valence-corrected chi connectivity index (χ0v) is 17.0. The number of aliphatic carboxylic acids is 1. The number of halogens is 1. The fourth-order valence-electron chi connectivity index (χ4n) is 4.51. The van der Waals surface area contributed by atoms with Gasteiger partial charge in [0.1, 0.15) is 0 Å². The molecule has 1 N–H and O–H groups in total. The Balaban J connectivity index is 0.00000225. The Hall–Kier alpha value is -2.10. The molecule has 0 aromatic heterocycles. The number of carboxylic acids is 1. The Morgan fingerprint density at radius 3 is 1.93 bits per heavy atom. The summed E-state index contributed by atoms with van der Waals surface area (Å²) in [6, 6.07) is 17.8. The lowest BCUT2D eigenvalue weighted by atomic mass is 9.86. The van der Waals surface area contributed by atoms with Gasteiger partial charge < -0.3 is 10.0 Å². The van der Waals surface area contributed by atoms with Crippen molar-refractivity contribution in [2.24, 2.45) is 0 Å². The minimum absolute atomic E-state index is 0. The summed E-state index contributed by atoms with van der Waals surface area (Å²) in [4.78, 5) is 13.2. The average Bonchev–Trinajstić information content (AvgIpc) is 2.85. The molecule has 1 fully saturated rings. The molecule has 0 saturated carbocycles. The number of benzene rings is 2. The molecule has 2 aromatic rings. The predicted molar refractivity (Wildman–Crippen MR) is 116 cm³/mol. The van der Waals surface area contributed by atoms with E-state index in [0.29, 0.717) is 0 Å². The van der Waals surface area contributed by atoms with Gasteiger partial charge in [0.25, 0.3) is 0 Å². The molecule has 0 bridgehead atoms. The zero-order valence-electron chi connectivity index (χ0n) is 16.2. The van der Waals surface area contributed by atoms with Crippen LogP contribution in [0.2, 0.25) is 0 Å². The summed E-state index contributed by atoms with van der Waals surface area (Å²) in [5.74, 6) is -0.693. The molecule has 1 aliphatic carbocycles. The predicted octanol–water partition coefficient (Wildman–Crippen LogP) is 4.97. The second-order valence-corrected chi connectivity index (χ2v) is 7.63. The van der Waals surface area contributed by atoms with Crippen molar-refractivity contribution in [3.63, 3.8) is 0 Å². The summed E-state index contributed by atoms with van der Waals surface area (Å²) in [5.41, 5.74) is 8.77. The highest BCUT2D eigenvalue weighted by Crippen LogP contribution is 2.38. The zero-order chi connectivity index (χ0) is 18.6. The number of rotatable bonds is 4. The molecule has 4 rings (SSSR count). The third-order valence-electron chi connectivity index (χ3n) is 5.92. The SMILES string of the molecule is Cl.O=C(O)CCCN1CCC(=C2c3ccccc3CCc3ccccc32)CC1. The molecular weight excluding hydrogens is 370 g/mol. The van der Waals surface area contributed by atoms with Crippen LogP contribution in [0.4, 0.5) is 0 Å². The number of likely N-dealkylation sites (tertiary alicyclic amines) is 1. The van der Waals surface area contributed by atoms with Gasteiger partial charge in [-0.25, -0.2) is 0 Å².